The highest BCUT2D eigenvalue weighted by molar-refractivity contribution is 5.84. The molecule has 8 heteroatoms. The number of nitrogen functional groups attached to an aromatic ring is 1. The predicted octanol–water partition coefficient (Wildman–Crippen LogP) is 3.34. The summed E-state index contributed by atoms with van der Waals surface area (Å²) in [5.41, 5.74) is 6.95. The largest absolute Gasteiger partial charge is 0.388 e. The lowest BCUT2D eigenvalue weighted by Gasteiger charge is -2.60. The summed E-state index contributed by atoms with van der Waals surface area (Å²) >= 11 is 0. The monoisotopic (exact) mass is 494 g/mol. The second kappa shape index (κ2) is 6.98. The first kappa shape index (κ1) is 22.9. The fourth-order valence-corrected chi connectivity index (χ4v) is 8.63. The van der Waals surface area contributed by atoms with E-state index in [0.717, 1.165) is 23.0 Å². The minimum atomic E-state index is -1.66. The maximum Gasteiger partial charge on any atom is 0.198 e. The topological polar surface area (TPSA) is 108 Å². The number of H-pyrrole nitrogens is 1. The number of halogens is 1. The Balaban J connectivity index is 1.30. The van der Waals surface area contributed by atoms with Crippen LogP contribution >= 0.6 is 0 Å². The van der Waals surface area contributed by atoms with Gasteiger partial charge in [-0.25, -0.2) is 9.37 Å². The maximum absolute atomic E-state index is 17.1. The molecule has 5 N–H and O–H groups in total. The molecule has 36 heavy (non-hydrogen) atoms. The Bertz CT molecular complexity index is 1340. The highest BCUT2D eigenvalue weighted by atomic mass is 19.1. The fourth-order valence-electron chi connectivity index (χ4n) is 8.63. The van der Waals surface area contributed by atoms with Crippen LogP contribution in [0.5, 0.6) is 0 Å². The minimum Gasteiger partial charge on any atom is -0.388 e. The number of nitrogens with zero attached hydrogens (tertiary/aromatic N) is 2. The summed E-state index contributed by atoms with van der Waals surface area (Å²) in [5.74, 6) is 0.385. The second-order valence-corrected chi connectivity index (χ2v) is 12.3. The quantitative estimate of drug-likeness (QED) is 0.477. The van der Waals surface area contributed by atoms with Gasteiger partial charge in [-0.1, -0.05) is 19.1 Å². The normalized spacial score (nSPS) is 45.3. The van der Waals surface area contributed by atoms with E-state index in [-0.39, 0.29) is 17.4 Å². The zero-order valence-corrected chi connectivity index (χ0v) is 21.1. The van der Waals surface area contributed by atoms with Gasteiger partial charge in [0.15, 0.2) is 11.6 Å². The molecular weight excluding hydrogens is 459 g/mol. The van der Waals surface area contributed by atoms with Gasteiger partial charge in [-0.3, -0.25) is 0 Å². The Morgan fingerprint density at radius 2 is 2.00 bits per heavy atom. The number of alkyl halides is 1. The van der Waals surface area contributed by atoms with Crippen molar-refractivity contribution in [3.63, 3.8) is 0 Å². The van der Waals surface area contributed by atoms with Crippen molar-refractivity contribution >= 4 is 22.6 Å². The molecule has 5 aliphatic rings. The molecule has 192 valence electrons. The van der Waals surface area contributed by atoms with E-state index in [4.69, 9.17) is 10.5 Å². The van der Waals surface area contributed by atoms with Crippen LogP contribution in [0.1, 0.15) is 51.0 Å². The van der Waals surface area contributed by atoms with Crippen molar-refractivity contribution in [1.82, 2.24) is 14.9 Å². The van der Waals surface area contributed by atoms with Gasteiger partial charge in [0.05, 0.1) is 22.7 Å². The Hall–Kier alpha value is -2.26. The van der Waals surface area contributed by atoms with E-state index >= 15 is 4.39 Å². The van der Waals surface area contributed by atoms with E-state index in [1.165, 1.54) is 5.57 Å². The molecule has 2 spiro atoms. The molecule has 7 nitrogen and oxygen atoms in total. The molecule has 8 unspecified atom stereocenters. The van der Waals surface area contributed by atoms with Crippen LogP contribution in [0.25, 0.3) is 16.6 Å². The highest BCUT2D eigenvalue weighted by Crippen LogP contribution is 2.71. The van der Waals surface area contributed by atoms with Gasteiger partial charge < -0.3 is 30.6 Å². The van der Waals surface area contributed by atoms with Crippen LogP contribution in [-0.4, -0.2) is 74.3 Å². The summed E-state index contributed by atoms with van der Waals surface area (Å²) < 4.78 is 24.1. The zero-order chi connectivity index (χ0) is 25.3. The van der Waals surface area contributed by atoms with Crippen molar-refractivity contribution < 1.29 is 19.3 Å². The van der Waals surface area contributed by atoms with Gasteiger partial charge in [0.1, 0.15) is 11.7 Å². The summed E-state index contributed by atoms with van der Waals surface area (Å²) in [4.78, 5) is 9.41. The number of aromatic nitrogens is 2. The van der Waals surface area contributed by atoms with Crippen LogP contribution in [0.2, 0.25) is 0 Å². The number of rotatable bonds is 2. The van der Waals surface area contributed by atoms with E-state index in [2.05, 4.69) is 35.1 Å². The smallest absolute Gasteiger partial charge is 0.198 e. The van der Waals surface area contributed by atoms with E-state index < -0.39 is 29.1 Å². The molecule has 2 saturated carbocycles. The SMILES string of the molecule is CN(C)C1CC23CCC4(O2)C2CC=C(c5ccc6nc(N)[nH]c6c5)C2(C)CCC4(F)C=C3C(O)C1O. The average Bonchev–Trinajstić information content (AvgIpc) is 3.49. The molecule has 0 radical (unpaired) electrons. The number of aromatic amines is 1. The lowest BCUT2D eigenvalue weighted by molar-refractivity contribution is -0.239. The highest BCUT2D eigenvalue weighted by Gasteiger charge is 2.74. The van der Waals surface area contributed by atoms with Crippen molar-refractivity contribution in [3.05, 3.63) is 41.5 Å². The average molecular weight is 495 g/mol. The van der Waals surface area contributed by atoms with Crippen LogP contribution in [0.4, 0.5) is 10.3 Å². The number of aliphatic hydroxyl groups is 2. The molecule has 3 fully saturated rings. The number of likely N-dealkylation sites (N-methyl/N-ethyl adjacent to an activating group) is 1. The maximum atomic E-state index is 17.1. The number of nitrogens with one attached hydrogen (secondary N) is 1. The first-order chi connectivity index (χ1) is 17.0. The van der Waals surface area contributed by atoms with Crippen molar-refractivity contribution in [3.8, 4) is 0 Å². The van der Waals surface area contributed by atoms with Crippen molar-refractivity contribution in [2.24, 2.45) is 11.3 Å². The van der Waals surface area contributed by atoms with E-state index in [1.54, 1.807) is 6.08 Å². The molecule has 8 atom stereocenters. The Morgan fingerprint density at radius 1 is 1.19 bits per heavy atom. The summed E-state index contributed by atoms with van der Waals surface area (Å²) in [6.45, 7) is 2.27. The third kappa shape index (κ3) is 2.63. The zero-order valence-electron chi connectivity index (χ0n) is 21.1. The van der Waals surface area contributed by atoms with Gasteiger partial charge >= 0.3 is 0 Å². The molecule has 3 aliphatic carbocycles. The standard InChI is InChI=1S/C28H35FN4O3/c1-25-8-10-27(29)13-17-22(34)23(35)20(33(2)3)14-26(17)9-11-28(27,36-26)21(25)7-5-16(25)15-4-6-18-19(12-15)32-24(30)31-18/h4-6,12-13,20-23,34-35H,7-11,14H2,1-3H3,(H3,30,31,32). The number of benzene rings is 1. The molecule has 1 saturated heterocycles. The lowest BCUT2D eigenvalue weighted by atomic mass is 9.53. The van der Waals surface area contributed by atoms with Crippen molar-refractivity contribution in [1.29, 1.82) is 0 Å². The van der Waals surface area contributed by atoms with Gasteiger partial charge in [-0.2, -0.15) is 0 Å². The molecule has 0 amide bonds. The number of imidazole rings is 1. The Labute approximate surface area is 210 Å². The summed E-state index contributed by atoms with van der Waals surface area (Å²) in [7, 11) is 3.82. The van der Waals surface area contributed by atoms with Gasteiger partial charge in [-0.05, 0) is 93.0 Å². The van der Waals surface area contributed by atoms with Crippen LogP contribution in [-0.2, 0) is 4.74 Å². The third-order valence-corrected chi connectivity index (χ3v) is 10.5. The van der Waals surface area contributed by atoms with Crippen molar-refractivity contribution in [2.75, 3.05) is 19.8 Å². The number of nitrogens with two attached hydrogens (primary N) is 1. The van der Waals surface area contributed by atoms with E-state index in [0.29, 0.717) is 43.6 Å². The van der Waals surface area contributed by atoms with Crippen LogP contribution in [0.15, 0.2) is 35.9 Å². The minimum absolute atomic E-state index is 0.0137. The number of fused-ring (bicyclic) bond motifs is 2. The van der Waals surface area contributed by atoms with Gasteiger partial charge in [0, 0.05) is 12.0 Å². The molecule has 7 rings (SSSR count). The summed E-state index contributed by atoms with van der Waals surface area (Å²) in [6.07, 6.45) is 5.49. The molecule has 2 aliphatic heterocycles. The Kier molecular flexibility index (Phi) is 4.44. The second-order valence-electron chi connectivity index (χ2n) is 12.3. The number of anilines is 1. The number of allylic oxidation sites excluding steroid dienone is 2. The van der Waals surface area contributed by atoms with Gasteiger partial charge in [0.25, 0.3) is 0 Å². The third-order valence-electron chi connectivity index (χ3n) is 10.5. The molecule has 1 aromatic carbocycles. The fraction of sp³-hybridized carbons (Fsp3) is 0.607. The van der Waals surface area contributed by atoms with Gasteiger partial charge in [-0.15, -0.1) is 0 Å². The van der Waals surface area contributed by atoms with Crippen LogP contribution in [0, 0.1) is 11.3 Å². The lowest BCUT2D eigenvalue weighted by Crippen LogP contribution is -2.68. The number of hydrogen-bond acceptors (Lipinski definition) is 6. The van der Waals surface area contributed by atoms with Crippen LogP contribution in [0.3, 0.4) is 0 Å². The first-order valence-corrected chi connectivity index (χ1v) is 13.1. The summed E-state index contributed by atoms with van der Waals surface area (Å²) in [6, 6.07) is 5.93. The molecular formula is C28H35FN4O3. The Morgan fingerprint density at radius 3 is 2.78 bits per heavy atom. The van der Waals surface area contributed by atoms with Crippen LogP contribution < -0.4 is 5.73 Å². The van der Waals surface area contributed by atoms with Gasteiger partial charge in [0.2, 0.25) is 0 Å². The molecule has 1 aromatic heterocycles. The number of hydrogen-bond donors (Lipinski definition) is 4. The molecule has 3 heterocycles. The summed E-state index contributed by atoms with van der Waals surface area (Å²) in [5, 5.41) is 22.0. The molecule has 2 aromatic rings. The van der Waals surface area contributed by atoms with E-state index in [9.17, 15) is 10.2 Å². The number of ether oxygens (including phenoxy) is 1. The first-order valence-electron chi connectivity index (χ1n) is 13.1. The number of aliphatic hydroxyl groups excluding tert-OH is 2. The van der Waals surface area contributed by atoms with Crippen molar-refractivity contribution in [2.45, 2.75) is 80.6 Å². The predicted molar refractivity (Wildman–Crippen MR) is 136 cm³/mol. The molecule has 2 bridgehead atoms. The van der Waals surface area contributed by atoms with E-state index in [1.807, 2.05) is 25.1 Å².